The third-order valence-electron chi connectivity index (χ3n) is 6.34. The van der Waals surface area contributed by atoms with Crippen molar-refractivity contribution in [3.63, 3.8) is 0 Å². The van der Waals surface area contributed by atoms with Gasteiger partial charge >= 0.3 is 0 Å². The zero-order valence-corrected chi connectivity index (χ0v) is 13.5. The van der Waals surface area contributed by atoms with Crippen LogP contribution in [0, 0.1) is 22.7 Å². The fourth-order valence-electron chi connectivity index (χ4n) is 5.12. The first-order valence-electron chi connectivity index (χ1n) is 7.35. The van der Waals surface area contributed by atoms with Crippen LogP contribution in [0.25, 0.3) is 0 Å². The van der Waals surface area contributed by atoms with Crippen molar-refractivity contribution >= 4 is 10.0 Å². The Hall–Kier alpha value is -0.170. The molecule has 0 spiro atoms. The second kappa shape index (κ2) is 4.18. The SMILES string of the molecule is CN(C)S(=O)(=O)C[C@]12CC[C@@H]([C@@H]3C[C@@H](O)O[C@@H]31)C2(C)C. The third kappa shape index (κ3) is 1.68. The normalized spacial score (nSPS) is 46.1. The summed E-state index contributed by atoms with van der Waals surface area (Å²) in [6.07, 6.45) is 1.76. The summed E-state index contributed by atoms with van der Waals surface area (Å²) in [5.41, 5.74) is -0.408. The highest BCUT2D eigenvalue weighted by Crippen LogP contribution is 2.71. The number of rotatable bonds is 3. The van der Waals surface area contributed by atoms with Crippen molar-refractivity contribution in [2.75, 3.05) is 19.8 Å². The van der Waals surface area contributed by atoms with Crippen molar-refractivity contribution < 1.29 is 18.3 Å². The molecule has 1 aliphatic heterocycles. The molecule has 0 amide bonds. The molecule has 3 aliphatic rings. The molecule has 1 N–H and O–H groups in total. The van der Waals surface area contributed by atoms with Crippen LogP contribution in [0.1, 0.15) is 33.1 Å². The standard InChI is InChI=1S/C14H25NO4S/c1-13(2)10-5-6-14(13,8-20(17,18)15(3)4)12-9(10)7-11(16)19-12/h9-12,16H,5-8H2,1-4H3/t9-,10-,11-,12-,14+/m0/s1. The summed E-state index contributed by atoms with van der Waals surface area (Å²) in [5, 5.41) is 9.81. The quantitative estimate of drug-likeness (QED) is 0.846. The lowest BCUT2D eigenvalue weighted by atomic mass is 9.69. The number of hydrogen-bond acceptors (Lipinski definition) is 4. The molecular weight excluding hydrogens is 278 g/mol. The van der Waals surface area contributed by atoms with Gasteiger partial charge in [0.2, 0.25) is 10.0 Å². The molecule has 0 radical (unpaired) electrons. The van der Waals surface area contributed by atoms with Crippen molar-refractivity contribution in [1.82, 2.24) is 4.31 Å². The summed E-state index contributed by atoms with van der Waals surface area (Å²) in [7, 11) is -0.110. The van der Waals surface area contributed by atoms with Crippen LogP contribution in [-0.4, -0.2) is 50.1 Å². The molecule has 3 fully saturated rings. The molecule has 2 aliphatic carbocycles. The van der Waals surface area contributed by atoms with E-state index < -0.39 is 16.3 Å². The minimum Gasteiger partial charge on any atom is -0.368 e. The Morgan fingerprint density at radius 3 is 2.60 bits per heavy atom. The molecule has 5 nitrogen and oxygen atoms in total. The highest BCUT2D eigenvalue weighted by atomic mass is 32.2. The van der Waals surface area contributed by atoms with E-state index in [0.717, 1.165) is 12.8 Å². The Kier molecular flexibility index (Phi) is 3.09. The molecule has 1 heterocycles. The molecule has 116 valence electrons. The minimum absolute atomic E-state index is 0.0500. The van der Waals surface area contributed by atoms with Gasteiger partial charge in [0.1, 0.15) is 0 Å². The van der Waals surface area contributed by atoms with E-state index in [-0.39, 0.29) is 22.7 Å². The fourth-order valence-corrected chi connectivity index (χ4v) is 6.71. The second-order valence-electron chi connectivity index (χ2n) is 7.47. The van der Waals surface area contributed by atoms with Gasteiger partial charge in [0.05, 0.1) is 11.9 Å². The lowest BCUT2D eigenvalue weighted by Gasteiger charge is -2.42. The van der Waals surface area contributed by atoms with E-state index in [0.29, 0.717) is 18.3 Å². The van der Waals surface area contributed by atoms with Crippen LogP contribution < -0.4 is 0 Å². The summed E-state index contributed by atoms with van der Waals surface area (Å²) in [5.74, 6) is 0.901. The average molecular weight is 303 g/mol. The van der Waals surface area contributed by atoms with Crippen LogP contribution in [-0.2, 0) is 14.8 Å². The van der Waals surface area contributed by atoms with Gasteiger partial charge in [-0.05, 0) is 30.1 Å². The van der Waals surface area contributed by atoms with Crippen LogP contribution in [0.5, 0.6) is 0 Å². The van der Waals surface area contributed by atoms with Crippen molar-refractivity contribution in [3.05, 3.63) is 0 Å². The largest absolute Gasteiger partial charge is 0.368 e. The van der Waals surface area contributed by atoms with E-state index in [1.54, 1.807) is 14.1 Å². The molecule has 5 atom stereocenters. The van der Waals surface area contributed by atoms with Gasteiger partial charge in [-0.3, -0.25) is 0 Å². The number of nitrogens with zero attached hydrogens (tertiary/aromatic N) is 1. The van der Waals surface area contributed by atoms with Crippen molar-refractivity contribution in [2.24, 2.45) is 22.7 Å². The van der Waals surface area contributed by atoms with Gasteiger partial charge in [-0.2, -0.15) is 0 Å². The molecule has 20 heavy (non-hydrogen) atoms. The van der Waals surface area contributed by atoms with Gasteiger partial charge in [-0.25, -0.2) is 12.7 Å². The smallest absolute Gasteiger partial charge is 0.214 e. The molecule has 0 unspecified atom stereocenters. The number of ether oxygens (including phenoxy) is 1. The highest BCUT2D eigenvalue weighted by molar-refractivity contribution is 7.89. The van der Waals surface area contributed by atoms with Crippen LogP contribution in [0.3, 0.4) is 0 Å². The zero-order valence-electron chi connectivity index (χ0n) is 12.7. The van der Waals surface area contributed by atoms with E-state index in [1.807, 2.05) is 0 Å². The van der Waals surface area contributed by atoms with E-state index in [4.69, 9.17) is 4.74 Å². The van der Waals surface area contributed by atoms with E-state index in [9.17, 15) is 13.5 Å². The predicted octanol–water partition coefficient (Wildman–Crippen LogP) is 1.04. The Morgan fingerprint density at radius 2 is 2.00 bits per heavy atom. The molecule has 0 aromatic carbocycles. The zero-order chi connectivity index (χ0) is 14.9. The Bertz CT molecular complexity index is 515. The van der Waals surface area contributed by atoms with Crippen molar-refractivity contribution in [1.29, 1.82) is 0 Å². The number of hydrogen-bond donors (Lipinski definition) is 1. The van der Waals surface area contributed by atoms with Gasteiger partial charge in [0.15, 0.2) is 6.29 Å². The molecule has 1 saturated heterocycles. The van der Waals surface area contributed by atoms with Crippen LogP contribution >= 0.6 is 0 Å². The van der Waals surface area contributed by atoms with Gasteiger partial charge in [0.25, 0.3) is 0 Å². The van der Waals surface area contributed by atoms with Crippen molar-refractivity contribution in [2.45, 2.75) is 45.5 Å². The van der Waals surface area contributed by atoms with Gasteiger partial charge in [-0.15, -0.1) is 0 Å². The first-order chi connectivity index (χ1) is 9.12. The molecular formula is C14H25NO4S. The summed E-state index contributed by atoms with van der Waals surface area (Å²) in [6, 6.07) is 0. The molecule has 2 bridgehead atoms. The van der Waals surface area contributed by atoms with E-state index in [1.165, 1.54) is 4.31 Å². The fraction of sp³-hybridized carbons (Fsp3) is 1.00. The molecule has 2 saturated carbocycles. The lowest BCUT2D eigenvalue weighted by Crippen LogP contribution is -2.48. The Morgan fingerprint density at radius 1 is 1.35 bits per heavy atom. The monoisotopic (exact) mass is 303 g/mol. The lowest BCUT2D eigenvalue weighted by molar-refractivity contribution is -0.133. The molecule has 6 heteroatoms. The van der Waals surface area contributed by atoms with E-state index in [2.05, 4.69) is 13.8 Å². The van der Waals surface area contributed by atoms with Crippen molar-refractivity contribution in [3.8, 4) is 0 Å². The van der Waals surface area contributed by atoms with Gasteiger partial charge < -0.3 is 9.84 Å². The van der Waals surface area contributed by atoms with Gasteiger partial charge in [0, 0.05) is 25.9 Å². The maximum Gasteiger partial charge on any atom is 0.214 e. The summed E-state index contributed by atoms with van der Waals surface area (Å²) in [4.78, 5) is 0. The first kappa shape index (κ1) is 14.8. The maximum absolute atomic E-state index is 12.4. The number of fused-ring (bicyclic) bond motifs is 5. The molecule has 3 rings (SSSR count). The third-order valence-corrected chi connectivity index (χ3v) is 8.33. The van der Waals surface area contributed by atoms with Crippen LogP contribution in [0.15, 0.2) is 0 Å². The Labute approximate surface area is 121 Å². The second-order valence-corrected chi connectivity index (χ2v) is 9.66. The summed E-state index contributed by atoms with van der Waals surface area (Å²) < 4.78 is 31.9. The topological polar surface area (TPSA) is 66.8 Å². The average Bonchev–Trinajstić information content (AvgIpc) is 2.84. The van der Waals surface area contributed by atoms with Crippen LogP contribution in [0.2, 0.25) is 0 Å². The van der Waals surface area contributed by atoms with E-state index >= 15 is 0 Å². The Balaban J connectivity index is 2.01. The number of aliphatic hydroxyl groups is 1. The number of sulfonamides is 1. The first-order valence-corrected chi connectivity index (χ1v) is 8.96. The van der Waals surface area contributed by atoms with Crippen LogP contribution in [0.4, 0.5) is 0 Å². The summed E-state index contributed by atoms with van der Waals surface area (Å²) >= 11 is 0. The minimum atomic E-state index is -3.28. The summed E-state index contributed by atoms with van der Waals surface area (Å²) in [6.45, 7) is 4.37. The number of aliphatic hydroxyl groups excluding tert-OH is 1. The maximum atomic E-state index is 12.4. The molecule has 0 aromatic heterocycles. The predicted molar refractivity (Wildman–Crippen MR) is 75.4 cm³/mol. The molecule has 0 aromatic rings. The highest BCUT2D eigenvalue weighted by Gasteiger charge is 2.71. The van der Waals surface area contributed by atoms with Gasteiger partial charge in [-0.1, -0.05) is 13.8 Å².